The van der Waals surface area contributed by atoms with E-state index in [0.29, 0.717) is 17.8 Å². The summed E-state index contributed by atoms with van der Waals surface area (Å²) in [5, 5.41) is 14.4. The Labute approximate surface area is 152 Å². The van der Waals surface area contributed by atoms with Crippen LogP contribution in [0.1, 0.15) is 30.5 Å². The Morgan fingerprint density at radius 3 is 2.54 bits per heavy atom. The molecule has 0 radical (unpaired) electrons. The van der Waals surface area contributed by atoms with Crippen molar-refractivity contribution in [2.45, 2.75) is 25.4 Å². The normalized spacial score (nSPS) is 17.5. The van der Waals surface area contributed by atoms with Crippen LogP contribution in [0.3, 0.4) is 0 Å². The maximum atomic E-state index is 12.3. The van der Waals surface area contributed by atoms with Crippen molar-refractivity contribution in [1.82, 2.24) is 10.2 Å². The van der Waals surface area contributed by atoms with Gasteiger partial charge in [-0.1, -0.05) is 30.3 Å². The number of nitriles is 1. The van der Waals surface area contributed by atoms with Crippen molar-refractivity contribution < 1.29 is 9.59 Å². The molecule has 6 nitrogen and oxygen atoms in total. The van der Waals surface area contributed by atoms with Crippen LogP contribution >= 0.6 is 0 Å². The van der Waals surface area contributed by atoms with Crippen molar-refractivity contribution in [1.29, 1.82) is 5.26 Å². The van der Waals surface area contributed by atoms with E-state index in [-0.39, 0.29) is 30.4 Å². The first-order valence-electron chi connectivity index (χ1n) is 8.49. The average molecular weight is 348 g/mol. The second-order valence-electron chi connectivity index (χ2n) is 6.32. The van der Waals surface area contributed by atoms with Gasteiger partial charge in [-0.05, 0) is 36.8 Å². The number of anilines is 1. The van der Waals surface area contributed by atoms with E-state index in [4.69, 9.17) is 5.26 Å². The molecule has 132 valence electrons. The fourth-order valence-corrected chi connectivity index (χ4v) is 3.09. The SMILES string of the molecule is CC(c1ccccc1)N1CC(NC(=O)Nc2ccc(C#N)cc2)CC1=O. The zero-order valence-corrected chi connectivity index (χ0v) is 14.5. The Kier molecular flexibility index (Phi) is 5.18. The van der Waals surface area contributed by atoms with Crippen molar-refractivity contribution >= 4 is 17.6 Å². The van der Waals surface area contributed by atoms with Crippen LogP contribution in [0.15, 0.2) is 54.6 Å². The molecule has 2 unspecified atom stereocenters. The van der Waals surface area contributed by atoms with Crippen molar-refractivity contribution in [2.75, 3.05) is 11.9 Å². The average Bonchev–Trinajstić information content (AvgIpc) is 3.02. The lowest BCUT2D eigenvalue weighted by Crippen LogP contribution is -2.40. The number of nitrogens with zero attached hydrogens (tertiary/aromatic N) is 2. The van der Waals surface area contributed by atoms with E-state index < -0.39 is 0 Å². The van der Waals surface area contributed by atoms with E-state index in [1.54, 1.807) is 29.2 Å². The van der Waals surface area contributed by atoms with Crippen LogP contribution in [-0.2, 0) is 4.79 Å². The van der Waals surface area contributed by atoms with Gasteiger partial charge in [0.15, 0.2) is 0 Å². The second-order valence-corrected chi connectivity index (χ2v) is 6.32. The van der Waals surface area contributed by atoms with Crippen LogP contribution in [0.5, 0.6) is 0 Å². The first-order chi connectivity index (χ1) is 12.6. The van der Waals surface area contributed by atoms with Gasteiger partial charge >= 0.3 is 6.03 Å². The molecule has 0 aliphatic carbocycles. The Morgan fingerprint density at radius 1 is 1.19 bits per heavy atom. The molecule has 1 heterocycles. The first-order valence-corrected chi connectivity index (χ1v) is 8.49. The Balaban J connectivity index is 1.56. The quantitative estimate of drug-likeness (QED) is 0.890. The van der Waals surface area contributed by atoms with Crippen LogP contribution in [-0.4, -0.2) is 29.4 Å². The predicted molar refractivity (Wildman–Crippen MR) is 98.3 cm³/mol. The molecule has 3 rings (SSSR count). The maximum absolute atomic E-state index is 12.3. The topological polar surface area (TPSA) is 85.2 Å². The lowest BCUT2D eigenvalue weighted by atomic mass is 10.1. The summed E-state index contributed by atoms with van der Waals surface area (Å²) in [6.45, 7) is 2.47. The van der Waals surface area contributed by atoms with Gasteiger partial charge in [-0.3, -0.25) is 4.79 Å². The highest BCUT2D eigenvalue weighted by atomic mass is 16.2. The number of hydrogen-bond donors (Lipinski definition) is 2. The molecule has 0 saturated carbocycles. The van der Waals surface area contributed by atoms with Gasteiger partial charge in [-0.2, -0.15) is 5.26 Å². The van der Waals surface area contributed by atoms with Gasteiger partial charge in [0.05, 0.1) is 23.7 Å². The maximum Gasteiger partial charge on any atom is 0.319 e. The molecule has 6 heteroatoms. The summed E-state index contributed by atoms with van der Waals surface area (Å²) >= 11 is 0. The zero-order valence-electron chi connectivity index (χ0n) is 14.5. The van der Waals surface area contributed by atoms with Gasteiger partial charge in [0, 0.05) is 18.7 Å². The number of likely N-dealkylation sites (tertiary alicyclic amines) is 1. The summed E-state index contributed by atoms with van der Waals surface area (Å²) in [4.78, 5) is 26.3. The molecular formula is C20H20N4O2. The highest BCUT2D eigenvalue weighted by Crippen LogP contribution is 2.25. The van der Waals surface area contributed by atoms with Crippen LogP contribution in [0, 0.1) is 11.3 Å². The molecule has 2 aromatic rings. The first kappa shape index (κ1) is 17.5. The van der Waals surface area contributed by atoms with Gasteiger partial charge in [0.25, 0.3) is 0 Å². The molecule has 0 aromatic heterocycles. The monoisotopic (exact) mass is 348 g/mol. The summed E-state index contributed by atoms with van der Waals surface area (Å²) in [6, 6.07) is 17.9. The number of carbonyl (C=O) groups is 2. The number of hydrogen-bond acceptors (Lipinski definition) is 3. The van der Waals surface area contributed by atoms with Gasteiger partial charge in [0.2, 0.25) is 5.91 Å². The van der Waals surface area contributed by atoms with E-state index in [1.807, 2.05) is 43.3 Å². The molecule has 2 N–H and O–H groups in total. The minimum absolute atomic E-state index is 0.0305. The van der Waals surface area contributed by atoms with Crippen LogP contribution in [0.4, 0.5) is 10.5 Å². The zero-order chi connectivity index (χ0) is 18.5. The Hall–Kier alpha value is -3.33. The van der Waals surface area contributed by atoms with E-state index in [2.05, 4.69) is 10.6 Å². The second kappa shape index (κ2) is 7.70. The predicted octanol–water partition coefficient (Wildman–Crippen LogP) is 3.04. The molecule has 1 saturated heterocycles. The molecular weight excluding hydrogens is 328 g/mol. The van der Waals surface area contributed by atoms with E-state index in [9.17, 15) is 9.59 Å². The molecule has 2 atom stereocenters. The van der Waals surface area contributed by atoms with E-state index >= 15 is 0 Å². The standard InChI is InChI=1S/C20H20N4O2/c1-14(16-5-3-2-4-6-16)24-13-18(11-19(24)25)23-20(26)22-17-9-7-15(12-21)8-10-17/h2-10,14,18H,11,13H2,1H3,(H2,22,23,26). The van der Waals surface area contributed by atoms with Crippen LogP contribution in [0.25, 0.3) is 0 Å². The summed E-state index contributed by atoms with van der Waals surface area (Å²) in [5.41, 5.74) is 2.20. The van der Waals surface area contributed by atoms with Gasteiger partial charge in [-0.25, -0.2) is 4.79 Å². The highest BCUT2D eigenvalue weighted by molar-refractivity contribution is 5.90. The molecule has 26 heavy (non-hydrogen) atoms. The lowest BCUT2D eigenvalue weighted by Gasteiger charge is -2.25. The van der Waals surface area contributed by atoms with Crippen molar-refractivity contribution in [3.05, 3.63) is 65.7 Å². The molecule has 0 bridgehead atoms. The third-order valence-electron chi connectivity index (χ3n) is 4.52. The van der Waals surface area contributed by atoms with Crippen LogP contribution in [0.2, 0.25) is 0 Å². The Bertz CT molecular complexity index is 827. The molecule has 1 fully saturated rings. The molecule has 0 spiro atoms. The number of rotatable bonds is 4. The van der Waals surface area contributed by atoms with Gasteiger partial charge < -0.3 is 15.5 Å². The van der Waals surface area contributed by atoms with Crippen LogP contribution < -0.4 is 10.6 Å². The largest absolute Gasteiger partial charge is 0.334 e. The van der Waals surface area contributed by atoms with Crippen molar-refractivity contribution in [2.24, 2.45) is 0 Å². The van der Waals surface area contributed by atoms with Gasteiger partial charge in [-0.15, -0.1) is 0 Å². The van der Waals surface area contributed by atoms with E-state index in [1.165, 1.54) is 0 Å². The third kappa shape index (κ3) is 4.01. The molecule has 2 aromatic carbocycles. The molecule has 1 aliphatic rings. The minimum Gasteiger partial charge on any atom is -0.334 e. The number of benzene rings is 2. The fourth-order valence-electron chi connectivity index (χ4n) is 3.09. The van der Waals surface area contributed by atoms with E-state index in [0.717, 1.165) is 5.56 Å². The molecule has 3 amide bonds. The van der Waals surface area contributed by atoms with Crippen molar-refractivity contribution in [3.8, 4) is 6.07 Å². The minimum atomic E-state index is -0.360. The van der Waals surface area contributed by atoms with Crippen molar-refractivity contribution in [3.63, 3.8) is 0 Å². The lowest BCUT2D eigenvalue weighted by molar-refractivity contribution is -0.129. The highest BCUT2D eigenvalue weighted by Gasteiger charge is 2.33. The van der Waals surface area contributed by atoms with Gasteiger partial charge in [0.1, 0.15) is 0 Å². The Morgan fingerprint density at radius 2 is 1.88 bits per heavy atom. The number of carbonyl (C=O) groups excluding carboxylic acids is 2. The molecule has 1 aliphatic heterocycles. The number of amides is 3. The third-order valence-corrected chi connectivity index (χ3v) is 4.52. The summed E-state index contributed by atoms with van der Waals surface area (Å²) in [7, 11) is 0. The summed E-state index contributed by atoms with van der Waals surface area (Å²) in [6.07, 6.45) is 0.290. The summed E-state index contributed by atoms with van der Waals surface area (Å²) in [5.74, 6) is 0.0324. The summed E-state index contributed by atoms with van der Waals surface area (Å²) < 4.78 is 0. The smallest absolute Gasteiger partial charge is 0.319 e. The number of urea groups is 1. The fraction of sp³-hybridized carbons (Fsp3) is 0.250. The number of nitrogens with one attached hydrogen (secondary N) is 2.